The fourth-order valence-electron chi connectivity index (χ4n) is 2.66. The summed E-state index contributed by atoms with van der Waals surface area (Å²) in [5.41, 5.74) is 0. The molecule has 1 fully saturated rings. The van der Waals surface area contributed by atoms with Crippen LogP contribution < -0.4 is 5.32 Å². The molecule has 2 heterocycles. The number of nitrogens with one attached hydrogen (secondary N) is 1. The molecule has 0 amide bonds. The Kier molecular flexibility index (Phi) is 5.68. The van der Waals surface area contributed by atoms with Gasteiger partial charge in [-0.25, -0.2) is 4.98 Å². The van der Waals surface area contributed by atoms with Gasteiger partial charge in [0.15, 0.2) is 0 Å². The van der Waals surface area contributed by atoms with E-state index in [2.05, 4.69) is 26.7 Å². The van der Waals surface area contributed by atoms with Crippen LogP contribution in [0.1, 0.15) is 32.6 Å². The lowest BCUT2D eigenvalue weighted by molar-refractivity contribution is 0.297. The van der Waals surface area contributed by atoms with E-state index >= 15 is 0 Å². The van der Waals surface area contributed by atoms with Crippen LogP contribution in [-0.2, 0) is 6.54 Å². The molecule has 0 radical (unpaired) electrons. The second-order valence-electron chi connectivity index (χ2n) is 5.17. The number of aryl methyl sites for hydroxylation is 1. The lowest BCUT2D eigenvalue weighted by Gasteiger charge is -2.18. The molecule has 2 rings (SSSR count). The molecule has 0 aromatic carbocycles. The molecule has 0 aliphatic carbocycles. The van der Waals surface area contributed by atoms with Crippen LogP contribution in [0.2, 0.25) is 0 Å². The van der Waals surface area contributed by atoms with Gasteiger partial charge in [-0.05, 0) is 51.9 Å². The Morgan fingerprint density at radius 2 is 2.28 bits per heavy atom. The SMILES string of the molecule is CCN1CCCC(NCCCn2ccnc2)CC1. The highest BCUT2D eigenvalue weighted by Gasteiger charge is 2.14. The third-order valence-electron chi connectivity index (χ3n) is 3.85. The van der Waals surface area contributed by atoms with Gasteiger partial charge >= 0.3 is 0 Å². The Morgan fingerprint density at radius 3 is 3.06 bits per heavy atom. The molecular weight excluding hydrogens is 224 g/mol. The number of imidazole rings is 1. The van der Waals surface area contributed by atoms with Gasteiger partial charge in [-0.2, -0.15) is 0 Å². The van der Waals surface area contributed by atoms with Crippen LogP contribution in [0.3, 0.4) is 0 Å². The van der Waals surface area contributed by atoms with Crippen LogP contribution in [0.15, 0.2) is 18.7 Å². The molecular formula is C14H26N4. The largest absolute Gasteiger partial charge is 0.337 e. The molecule has 1 atom stereocenters. The normalized spacial score (nSPS) is 21.9. The van der Waals surface area contributed by atoms with Crippen LogP contribution in [-0.4, -0.2) is 46.7 Å². The number of hydrogen-bond donors (Lipinski definition) is 1. The first kappa shape index (κ1) is 13.6. The molecule has 4 heteroatoms. The Bertz CT molecular complexity index is 310. The summed E-state index contributed by atoms with van der Waals surface area (Å²) in [6.07, 6.45) is 10.9. The van der Waals surface area contributed by atoms with Crippen molar-refractivity contribution in [2.24, 2.45) is 0 Å². The summed E-state index contributed by atoms with van der Waals surface area (Å²) in [4.78, 5) is 6.62. The van der Waals surface area contributed by atoms with Crippen LogP contribution in [0.4, 0.5) is 0 Å². The quantitative estimate of drug-likeness (QED) is 0.781. The van der Waals surface area contributed by atoms with E-state index in [9.17, 15) is 0 Å². The minimum atomic E-state index is 0.726. The van der Waals surface area contributed by atoms with Gasteiger partial charge in [0, 0.05) is 25.0 Å². The first-order valence-electron chi connectivity index (χ1n) is 7.30. The average molecular weight is 250 g/mol. The smallest absolute Gasteiger partial charge is 0.0945 e. The van der Waals surface area contributed by atoms with Crippen molar-refractivity contribution >= 4 is 0 Å². The highest BCUT2D eigenvalue weighted by Crippen LogP contribution is 2.10. The standard InChI is InChI=1S/C14H26N4/c1-2-17-9-3-5-14(6-11-17)16-7-4-10-18-12-8-15-13-18/h8,12-14,16H,2-7,9-11H2,1H3. The fourth-order valence-corrected chi connectivity index (χ4v) is 2.66. The van der Waals surface area contributed by atoms with Crippen molar-refractivity contribution < 1.29 is 0 Å². The average Bonchev–Trinajstić information content (AvgIpc) is 2.80. The highest BCUT2D eigenvalue weighted by molar-refractivity contribution is 4.76. The Hall–Kier alpha value is -0.870. The number of likely N-dealkylation sites (tertiary alicyclic amines) is 1. The van der Waals surface area contributed by atoms with Crippen LogP contribution in [0.25, 0.3) is 0 Å². The topological polar surface area (TPSA) is 33.1 Å². The summed E-state index contributed by atoms with van der Waals surface area (Å²) in [5.74, 6) is 0. The summed E-state index contributed by atoms with van der Waals surface area (Å²) in [5, 5.41) is 3.71. The fraction of sp³-hybridized carbons (Fsp3) is 0.786. The second-order valence-corrected chi connectivity index (χ2v) is 5.17. The van der Waals surface area contributed by atoms with E-state index in [1.165, 1.54) is 45.3 Å². The van der Waals surface area contributed by atoms with Crippen molar-refractivity contribution in [3.8, 4) is 0 Å². The van der Waals surface area contributed by atoms with Gasteiger partial charge in [0.05, 0.1) is 6.33 Å². The lowest BCUT2D eigenvalue weighted by atomic mass is 10.1. The van der Waals surface area contributed by atoms with Crippen LogP contribution >= 0.6 is 0 Å². The van der Waals surface area contributed by atoms with E-state index < -0.39 is 0 Å². The molecule has 4 nitrogen and oxygen atoms in total. The maximum absolute atomic E-state index is 4.06. The molecule has 1 aliphatic rings. The van der Waals surface area contributed by atoms with Gasteiger partial charge in [0.2, 0.25) is 0 Å². The van der Waals surface area contributed by atoms with Crippen LogP contribution in [0, 0.1) is 0 Å². The number of rotatable bonds is 6. The zero-order chi connectivity index (χ0) is 12.6. The molecule has 18 heavy (non-hydrogen) atoms. The predicted molar refractivity (Wildman–Crippen MR) is 74.6 cm³/mol. The summed E-state index contributed by atoms with van der Waals surface area (Å²) in [6, 6.07) is 0.726. The van der Waals surface area contributed by atoms with Gasteiger partial charge in [-0.1, -0.05) is 6.92 Å². The van der Waals surface area contributed by atoms with E-state index in [0.29, 0.717) is 0 Å². The van der Waals surface area contributed by atoms with E-state index in [1.807, 2.05) is 18.7 Å². The van der Waals surface area contributed by atoms with E-state index in [4.69, 9.17) is 0 Å². The monoisotopic (exact) mass is 250 g/mol. The Balaban J connectivity index is 1.58. The van der Waals surface area contributed by atoms with Gasteiger partial charge in [-0.15, -0.1) is 0 Å². The van der Waals surface area contributed by atoms with Crippen LogP contribution in [0.5, 0.6) is 0 Å². The van der Waals surface area contributed by atoms with E-state index in [0.717, 1.165) is 19.1 Å². The molecule has 102 valence electrons. The molecule has 1 N–H and O–H groups in total. The molecule has 0 spiro atoms. The number of hydrogen-bond acceptors (Lipinski definition) is 3. The number of nitrogens with zero attached hydrogens (tertiary/aromatic N) is 3. The summed E-state index contributed by atoms with van der Waals surface area (Å²) in [6.45, 7) is 8.20. The highest BCUT2D eigenvalue weighted by atomic mass is 15.1. The lowest BCUT2D eigenvalue weighted by Crippen LogP contribution is -2.32. The summed E-state index contributed by atoms with van der Waals surface area (Å²) in [7, 11) is 0. The molecule has 0 saturated carbocycles. The molecule has 0 bridgehead atoms. The Labute approximate surface area is 110 Å². The maximum Gasteiger partial charge on any atom is 0.0945 e. The zero-order valence-electron chi connectivity index (χ0n) is 11.5. The van der Waals surface area contributed by atoms with Crippen molar-refractivity contribution in [2.45, 2.75) is 45.2 Å². The van der Waals surface area contributed by atoms with Crippen molar-refractivity contribution in [2.75, 3.05) is 26.2 Å². The van der Waals surface area contributed by atoms with Crippen molar-refractivity contribution in [1.29, 1.82) is 0 Å². The first-order chi connectivity index (χ1) is 8.88. The molecule has 1 aromatic heterocycles. The predicted octanol–water partition coefficient (Wildman–Crippen LogP) is 1.74. The van der Waals surface area contributed by atoms with Crippen molar-refractivity contribution in [1.82, 2.24) is 19.8 Å². The molecule has 1 saturated heterocycles. The third-order valence-corrected chi connectivity index (χ3v) is 3.85. The van der Waals surface area contributed by atoms with E-state index in [-0.39, 0.29) is 0 Å². The summed E-state index contributed by atoms with van der Waals surface area (Å²) >= 11 is 0. The van der Waals surface area contributed by atoms with Gasteiger partial charge < -0.3 is 14.8 Å². The minimum Gasteiger partial charge on any atom is -0.337 e. The third kappa shape index (κ3) is 4.42. The second kappa shape index (κ2) is 7.54. The molecule has 1 unspecified atom stereocenters. The Morgan fingerprint density at radius 1 is 1.33 bits per heavy atom. The summed E-state index contributed by atoms with van der Waals surface area (Å²) < 4.78 is 2.15. The molecule has 1 aliphatic heterocycles. The van der Waals surface area contributed by atoms with E-state index in [1.54, 1.807) is 0 Å². The van der Waals surface area contributed by atoms with Crippen molar-refractivity contribution in [3.63, 3.8) is 0 Å². The first-order valence-corrected chi connectivity index (χ1v) is 7.30. The molecule has 1 aromatic rings. The van der Waals surface area contributed by atoms with Gasteiger partial charge in [0.25, 0.3) is 0 Å². The van der Waals surface area contributed by atoms with Crippen molar-refractivity contribution in [3.05, 3.63) is 18.7 Å². The van der Waals surface area contributed by atoms with Gasteiger partial charge in [0.1, 0.15) is 0 Å². The minimum absolute atomic E-state index is 0.726. The van der Waals surface area contributed by atoms with Gasteiger partial charge in [-0.3, -0.25) is 0 Å². The maximum atomic E-state index is 4.06. The zero-order valence-corrected chi connectivity index (χ0v) is 11.5. The number of aromatic nitrogens is 2.